The Kier molecular flexibility index (Phi) is 6.10. The maximum atomic E-state index is 13.1. The van der Waals surface area contributed by atoms with E-state index in [1.165, 1.54) is 18.2 Å². The van der Waals surface area contributed by atoms with Crippen molar-refractivity contribution in [2.24, 2.45) is 5.16 Å². The molecule has 0 aliphatic rings. The second kappa shape index (κ2) is 7.59. The molecule has 0 aromatic heterocycles. The fourth-order valence-electron chi connectivity index (χ4n) is 1.32. The smallest absolute Gasteiger partial charge is 0.194 e. The van der Waals surface area contributed by atoms with Gasteiger partial charge in [0, 0.05) is 12.2 Å². The lowest BCUT2D eigenvalue weighted by atomic mass is 10.2. The summed E-state index contributed by atoms with van der Waals surface area (Å²) in [6.07, 6.45) is 0.790. The quantitative estimate of drug-likeness (QED) is 0.245. The zero-order valence-electron chi connectivity index (χ0n) is 10.8. The van der Waals surface area contributed by atoms with E-state index in [0.717, 1.165) is 6.42 Å². The average Bonchev–Trinajstić information content (AvgIpc) is 2.43. The number of nitrogens with one attached hydrogen (secondary N) is 4. The minimum absolute atomic E-state index is 0.0921. The summed E-state index contributed by atoms with van der Waals surface area (Å²) in [6, 6.07) is 4.13. The Balaban J connectivity index is 2.74. The summed E-state index contributed by atoms with van der Waals surface area (Å²) in [5.74, 6) is -0.773. The number of amidine groups is 2. The van der Waals surface area contributed by atoms with Crippen LogP contribution < -0.4 is 10.6 Å². The number of rotatable bonds is 5. The Morgan fingerprint density at radius 1 is 1.45 bits per heavy atom. The molecule has 0 saturated carbocycles. The van der Waals surface area contributed by atoms with Gasteiger partial charge in [-0.2, -0.15) is 0 Å². The fraction of sp³-hybridized carbons (Fsp3) is 0.250. The topological polar surface area (TPSA) is 104 Å². The molecular formula is C12H15BrFN5O. The number of nitrogens with zero attached hydrogens (tertiary/aromatic N) is 1. The van der Waals surface area contributed by atoms with Gasteiger partial charge in [0.1, 0.15) is 11.5 Å². The van der Waals surface area contributed by atoms with Crippen LogP contribution in [0, 0.1) is 16.6 Å². The third-order valence-electron chi connectivity index (χ3n) is 2.32. The Morgan fingerprint density at radius 3 is 2.70 bits per heavy atom. The van der Waals surface area contributed by atoms with Gasteiger partial charge < -0.3 is 15.8 Å². The number of halogens is 2. The number of oxime groups is 1. The second-order valence-electron chi connectivity index (χ2n) is 3.88. The molecule has 0 aliphatic heterocycles. The first kappa shape index (κ1) is 16.1. The first-order chi connectivity index (χ1) is 9.49. The second-order valence-corrected chi connectivity index (χ2v) is 4.73. The average molecular weight is 344 g/mol. The van der Waals surface area contributed by atoms with Crippen molar-refractivity contribution in [1.82, 2.24) is 5.32 Å². The highest BCUT2D eigenvalue weighted by molar-refractivity contribution is 9.10. The number of anilines is 1. The molecule has 1 aromatic rings. The van der Waals surface area contributed by atoms with Crippen molar-refractivity contribution >= 4 is 39.0 Å². The molecule has 0 unspecified atom stereocenters. The van der Waals surface area contributed by atoms with Crippen LogP contribution in [0.1, 0.15) is 13.3 Å². The summed E-state index contributed by atoms with van der Waals surface area (Å²) >= 11 is 3.03. The maximum Gasteiger partial charge on any atom is 0.194 e. The van der Waals surface area contributed by atoms with E-state index in [9.17, 15) is 4.39 Å². The van der Waals surface area contributed by atoms with Crippen molar-refractivity contribution in [1.29, 1.82) is 10.8 Å². The molecule has 8 heteroatoms. The third kappa shape index (κ3) is 4.30. The van der Waals surface area contributed by atoms with Crippen LogP contribution in [0.4, 0.5) is 10.1 Å². The summed E-state index contributed by atoms with van der Waals surface area (Å²) in [7, 11) is 0. The van der Waals surface area contributed by atoms with Gasteiger partial charge in [-0.25, -0.2) is 4.39 Å². The molecule has 108 valence electrons. The van der Waals surface area contributed by atoms with Gasteiger partial charge in [-0.1, -0.05) is 12.1 Å². The largest absolute Gasteiger partial charge is 0.409 e. The maximum absolute atomic E-state index is 13.1. The molecule has 1 aromatic carbocycles. The zero-order chi connectivity index (χ0) is 15.1. The number of hydrogen-bond donors (Lipinski definition) is 5. The van der Waals surface area contributed by atoms with Crippen LogP contribution in [0.25, 0.3) is 0 Å². The Labute approximate surface area is 124 Å². The van der Waals surface area contributed by atoms with Gasteiger partial charge in [0.2, 0.25) is 0 Å². The standard InChI is InChI=1S/C12H15BrFN5O/c1-2-5-17-12(19-20)10(15)11(16)18-7-3-4-9(14)8(13)6-7/h3-4,6,15,20H,2,5H2,1H3,(H2,16,18)(H,17,19). The molecule has 5 N–H and O–H groups in total. The lowest BCUT2D eigenvalue weighted by molar-refractivity contribution is 0.318. The molecule has 0 bridgehead atoms. The van der Waals surface area contributed by atoms with Crippen LogP contribution in [0.3, 0.4) is 0 Å². The van der Waals surface area contributed by atoms with Crippen molar-refractivity contribution in [3.63, 3.8) is 0 Å². The van der Waals surface area contributed by atoms with Crippen molar-refractivity contribution in [2.45, 2.75) is 13.3 Å². The highest BCUT2D eigenvalue weighted by atomic mass is 79.9. The van der Waals surface area contributed by atoms with E-state index < -0.39 is 5.82 Å². The van der Waals surface area contributed by atoms with Gasteiger partial charge >= 0.3 is 0 Å². The van der Waals surface area contributed by atoms with E-state index in [1.807, 2.05) is 6.92 Å². The van der Waals surface area contributed by atoms with E-state index in [1.54, 1.807) is 0 Å². The number of hydrogen-bond acceptors (Lipinski definition) is 4. The molecule has 20 heavy (non-hydrogen) atoms. The van der Waals surface area contributed by atoms with Gasteiger partial charge in [-0.05, 0) is 40.5 Å². The van der Waals surface area contributed by atoms with E-state index in [-0.39, 0.29) is 21.9 Å². The van der Waals surface area contributed by atoms with Gasteiger partial charge in [0.05, 0.1) is 4.47 Å². The van der Waals surface area contributed by atoms with E-state index in [2.05, 4.69) is 31.7 Å². The van der Waals surface area contributed by atoms with E-state index in [0.29, 0.717) is 12.2 Å². The van der Waals surface area contributed by atoms with Crippen LogP contribution in [-0.2, 0) is 0 Å². The van der Waals surface area contributed by atoms with Crippen LogP contribution in [-0.4, -0.2) is 29.1 Å². The Bertz CT molecular complexity index is 547. The van der Waals surface area contributed by atoms with Crippen molar-refractivity contribution < 1.29 is 9.60 Å². The monoisotopic (exact) mass is 343 g/mol. The predicted molar refractivity (Wildman–Crippen MR) is 80.7 cm³/mol. The molecule has 1 rings (SSSR count). The number of benzene rings is 1. The molecular weight excluding hydrogens is 329 g/mol. The van der Waals surface area contributed by atoms with E-state index >= 15 is 0 Å². The SMILES string of the molecule is CCCN/C(=N/O)C(=N)C(=N)Nc1ccc(F)c(Br)c1. The van der Waals surface area contributed by atoms with E-state index in [4.69, 9.17) is 16.0 Å². The Hall–Kier alpha value is -1.96. The molecule has 0 fully saturated rings. The summed E-state index contributed by atoms with van der Waals surface area (Å²) in [5.41, 5.74) is 0.155. The first-order valence-corrected chi connectivity index (χ1v) is 6.64. The summed E-state index contributed by atoms with van der Waals surface area (Å²) in [4.78, 5) is 0. The molecule has 0 saturated heterocycles. The van der Waals surface area contributed by atoms with Crippen LogP contribution >= 0.6 is 15.9 Å². The first-order valence-electron chi connectivity index (χ1n) is 5.85. The molecule has 0 amide bonds. The van der Waals surface area contributed by atoms with Crippen molar-refractivity contribution in [3.8, 4) is 0 Å². The van der Waals surface area contributed by atoms with Crippen LogP contribution in [0.5, 0.6) is 0 Å². The van der Waals surface area contributed by atoms with Crippen molar-refractivity contribution in [3.05, 3.63) is 28.5 Å². The third-order valence-corrected chi connectivity index (χ3v) is 2.93. The van der Waals surface area contributed by atoms with Crippen LogP contribution in [0.2, 0.25) is 0 Å². The summed E-state index contributed by atoms with van der Waals surface area (Å²) in [5, 5.41) is 32.6. The normalized spacial score (nSPS) is 11.1. The molecule has 6 nitrogen and oxygen atoms in total. The fourth-order valence-corrected chi connectivity index (χ4v) is 1.70. The highest BCUT2D eigenvalue weighted by Crippen LogP contribution is 2.19. The summed E-state index contributed by atoms with van der Waals surface area (Å²) in [6.45, 7) is 2.45. The van der Waals surface area contributed by atoms with Gasteiger partial charge in [-0.15, -0.1) is 0 Å². The molecule has 0 spiro atoms. The molecule has 0 aliphatic carbocycles. The van der Waals surface area contributed by atoms with Gasteiger partial charge in [0.15, 0.2) is 11.7 Å². The van der Waals surface area contributed by atoms with Gasteiger partial charge in [0.25, 0.3) is 0 Å². The predicted octanol–water partition coefficient (Wildman–Crippen LogP) is 2.78. The lowest BCUT2D eigenvalue weighted by Crippen LogP contribution is -2.38. The molecule has 0 heterocycles. The lowest BCUT2D eigenvalue weighted by Gasteiger charge is -2.11. The highest BCUT2D eigenvalue weighted by Gasteiger charge is 2.13. The minimum atomic E-state index is -0.417. The van der Waals surface area contributed by atoms with Gasteiger partial charge in [-0.3, -0.25) is 10.8 Å². The minimum Gasteiger partial charge on any atom is -0.409 e. The zero-order valence-corrected chi connectivity index (χ0v) is 12.4. The molecule has 0 atom stereocenters. The Morgan fingerprint density at radius 2 is 2.15 bits per heavy atom. The van der Waals surface area contributed by atoms with Crippen molar-refractivity contribution in [2.75, 3.05) is 11.9 Å². The summed E-state index contributed by atoms with van der Waals surface area (Å²) < 4.78 is 13.3. The molecule has 0 radical (unpaired) electrons. The van der Waals surface area contributed by atoms with Crippen LogP contribution in [0.15, 0.2) is 27.8 Å².